The van der Waals surface area contributed by atoms with Gasteiger partial charge in [-0.05, 0) is 67.1 Å². The Labute approximate surface area is 178 Å². The number of benzene rings is 1. The molecule has 164 valence electrons. The fourth-order valence-corrected chi connectivity index (χ4v) is 5.23. The summed E-state index contributed by atoms with van der Waals surface area (Å²) in [5, 5.41) is 0. The molecule has 1 aromatic carbocycles. The molecule has 0 aromatic heterocycles. The minimum absolute atomic E-state index is 0.0235. The van der Waals surface area contributed by atoms with E-state index in [-0.39, 0.29) is 23.6 Å². The van der Waals surface area contributed by atoms with Crippen LogP contribution in [0.3, 0.4) is 0 Å². The summed E-state index contributed by atoms with van der Waals surface area (Å²) in [4.78, 5) is 12.6. The molecule has 1 unspecified atom stereocenters. The predicted octanol–water partition coefficient (Wildman–Crippen LogP) is 7.29. The second-order valence-corrected chi connectivity index (χ2v) is 9.77. The van der Waals surface area contributed by atoms with Crippen molar-refractivity contribution in [1.29, 1.82) is 0 Å². The van der Waals surface area contributed by atoms with Crippen molar-refractivity contribution in [3.8, 4) is 5.75 Å². The van der Waals surface area contributed by atoms with Crippen molar-refractivity contribution in [3.63, 3.8) is 0 Å². The lowest BCUT2D eigenvalue weighted by molar-refractivity contribution is -0.172. The van der Waals surface area contributed by atoms with Crippen LogP contribution in [-0.4, -0.2) is 18.2 Å². The zero-order valence-electron chi connectivity index (χ0n) is 19.6. The fourth-order valence-electron chi connectivity index (χ4n) is 5.23. The van der Waals surface area contributed by atoms with Gasteiger partial charge < -0.3 is 9.47 Å². The van der Waals surface area contributed by atoms with Crippen LogP contribution >= 0.6 is 0 Å². The van der Waals surface area contributed by atoms with Gasteiger partial charge in [-0.1, -0.05) is 72.9 Å². The number of rotatable bonds is 9. The monoisotopic (exact) mass is 402 g/mol. The molecule has 0 radical (unpaired) electrons. The SMILES string of the molecule is CCC(c1ccc(OCC(=O)OC(CC)(CC)C2CCCCC2)cc1)C(C)(C)C. The highest BCUT2D eigenvalue weighted by atomic mass is 16.6. The Morgan fingerprint density at radius 3 is 2.07 bits per heavy atom. The third-order valence-electron chi connectivity index (χ3n) is 6.96. The van der Waals surface area contributed by atoms with Crippen molar-refractivity contribution < 1.29 is 14.3 Å². The highest BCUT2D eigenvalue weighted by molar-refractivity contribution is 5.71. The first kappa shape index (κ1) is 23.8. The molecule has 1 aromatic rings. The lowest BCUT2D eigenvalue weighted by Crippen LogP contribution is -2.43. The molecule has 0 spiro atoms. The van der Waals surface area contributed by atoms with Crippen molar-refractivity contribution in [2.45, 2.75) is 104 Å². The molecule has 1 saturated carbocycles. The lowest BCUT2D eigenvalue weighted by Gasteiger charge is -2.41. The molecule has 1 aliphatic carbocycles. The topological polar surface area (TPSA) is 35.5 Å². The molecule has 0 heterocycles. The predicted molar refractivity (Wildman–Crippen MR) is 120 cm³/mol. The van der Waals surface area contributed by atoms with Crippen LogP contribution in [0.5, 0.6) is 5.75 Å². The van der Waals surface area contributed by atoms with Crippen molar-refractivity contribution in [2.24, 2.45) is 11.3 Å². The van der Waals surface area contributed by atoms with Gasteiger partial charge in [-0.25, -0.2) is 4.79 Å². The van der Waals surface area contributed by atoms with Gasteiger partial charge in [0.25, 0.3) is 0 Å². The molecule has 1 aliphatic rings. The van der Waals surface area contributed by atoms with Crippen molar-refractivity contribution in [1.82, 2.24) is 0 Å². The summed E-state index contributed by atoms with van der Waals surface area (Å²) in [6.07, 6.45) is 9.00. The van der Waals surface area contributed by atoms with Crippen LogP contribution in [0.4, 0.5) is 0 Å². The number of hydrogen-bond acceptors (Lipinski definition) is 3. The average molecular weight is 403 g/mol. The molecule has 1 fully saturated rings. The summed E-state index contributed by atoms with van der Waals surface area (Å²) in [5.41, 5.74) is 1.22. The van der Waals surface area contributed by atoms with Gasteiger partial charge in [-0.15, -0.1) is 0 Å². The van der Waals surface area contributed by atoms with Gasteiger partial charge in [0.05, 0.1) is 0 Å². The normalized spacial score (nSPS) is 17.0. The first-order chi connectivity index (χ1) is 13.8. The molecule has 3 nitrogen and oxygen atoms in total. The first-order valence-electron chi connectivity index (χ1n) is 11.7. The molecule has 0 amide bonds. The summed E-state index contributed by atoms with van der Waals surface area (Å²) in [7, 11) is 0. The van der Waals surface area contributed by atoms with Crippen molar-refractivity contribution in [2.75, 3.05) is 6.61 Å². The van der Waals surface area contributed by atoms with Crippen LogP contribution in [0.15, 0.2) is 24.3 Å². The number of carbonyl (C=O) groups excluding carboxylic acids is 1. The second-order valence-electron chi connectivity index (χ2n) is 9.77. The summed E-state index contributed by atoms with van der Waals surface area (Å²) in [6.45, 7) is 13.3. The van der Waals surface area contributed by atoms with Crippen LogP contribution in [0.25, 0.3) is 0 Å². The zero-order chi connectivity index (χ0) is 21.5. The third kappa shape index (κ3) is 6.23. The van der Waals surface area contributed by atoms with E-state index in [2.05, 4.69) is 53.7 Å². The van der Waals surface area contributed by atoms with Gasteiger partial charge in [0.1, 0.15) is 11.4 Å². The average Bonchev–Trinajstić information content (AvgIpc) is 2.71. The minimum atomic E-state index is -0.328. The fraction of sp³-hybridized carbons (Fsp3) is 0.731. The standard InChI is InChI=1S/C26H42O3/c1-7-23(25(4,5)6)20-15-17-22(18-16-20)28-19-24(27)29-26(8-2,9-3)21-13-11-10-12-14-21/h15-18,21,23H,7-14,19H2,1-6H3. The summed E-state index contributed by atoms with van der Waals surface area (Å²) in [5.74, 6) is 1.47. The molecule has 2 rings (SSSR count). The van der Waals surface area contributed by atoms with Crippen LogP contribution in [0.1, 0.15) is 104 Å². The van der Waals surface area contributed by atoms with E-state index in [0.29, 0.717) is 11.8 Å². The molecule has 0 N–H and O–H groups in total. The number of carbonyl (C=O) groups is 1. The van der Waals surface area contributed by atoms with E-state index >= 15 is 0 Å². The highest BCUT2D eigenvalue weighted by Gasteiger charge is 2.39. The molecular formula is C26H42O3. The molecule has 3 heteroatoms. The Bertz CT molecular complexity index is 616. The lowest BCUT2D eigenvalue weighted by atomic mass is 9.74. The maximum Gasteiger partial charge on any atom is 0.344 e. The minimum Gasteiger partial charge on any atom is -0.482 e. The van der Waals surface area contributed by atoms with E-state index in [0.717, 1.165) is 25.0 Å². The van der Waals surface area contributed by atoms with E-state index < -0.39 is 0 Å². The molecular weight excluding hydrogens is 360 g/mol. The highest BCUT2D eigenvalue weighted by Crippen LogP contribution is 2.40. The Morgan fingerprint density at radius 1 is 1.00 bits per heavy atom. The van der Waals surface area contributed by atoms with Gasteiger partial charge in [0, 0.05) is 0 Å². The zero-order valence-corrected chi connectivity index (χ0v) is 19.6. The number of esters is 1. The van der Waals surface area contributed by atoms with Crippen LogP contribution in [0, 0.1) is 11.3 Å². The number of ether oxygens (including phenoxy) is 2. The maximum absolute atomic E-state index is 12.6. The van der Waals surface area contributed by atoms with Gasteiger partial charge in [-0.3, -0.25) is 0 Å². The maximum atomic E-state index is 12.6. The van der Waals surface area contributed by atoms with E-state index in [1.54, 1.807) is 0 Å². The summed E-state index contributed by atoms with van der Waals surface area (Å²) < 4.78 is 11.8. The smallest absolute Gasteiger partial charge is 0.344 e. The Kier molecular flexibility index (Phi) is 8.60. The van der Waals surface area contributed by atoms with E-state index in [4.69, 9.17) is 9.47 Å². The van der Waals surface area contributed by atoms with Crippen molar-refractivity contribution >= 4 is 5.97 Å². The molecule has 0 bridgehead atoms. The Hall–Kier alpha value is -1.51. The van der Waals surface area contributed by atoms with E-state index in [9.17, 15) is 4.79 Å². The van der Waals surface area contributed by atoms with Crippen LogP contribution < -0.4 is 4.74 Å². The van der Waals surface area contributed by atoms with Gasteiger partial charge >= 0.3 is 5.97 Å². The quantitative estimate of drug-likeness (QED) is 0.407. The Balaban J connectivity index is 1.95. The first-order valence-corrected chi connectivity index (χ1v) is 11.7. The van der Waals surface area contributed by atoms with Gasteiger partial charge in [0.2, 0.25) is 0 Å². The second kappa shape index (κ2) is 10.5. The number of hydrogen-bond donors (Lipinski definition) is 0. The largest absolute Gasteiger partial charge is 0.482 e. The Morgan fingerprint density at radius 2 is 1.59 bits per heavy atom. The summed E-state index contributed by atoms with van der Waals surface area (Å²) >= 11 is 0. The van der Waals surface area contributed by atoms with Crippen LogP contribution in [0.2, 0.25) is 0 Å². The van der Waals surface area contributed by atoms with Gasteiger partial charge in [0.15, 0.2) is 6.61 Å². The molecule has 0 saturated heterocycles. The van der Waals surface area contributed by atoms with Gasteiger partial charge in [-0.2, -0.15) is 0 Å². The molecule has 29 heavy (non-hydrogen) atoms. The third-order valence-corrected chi connectivity index (χ3v) is 6.96. The molecule has 1 atom stereocenters. The van der Waals surface area contributed by atoms with E-state index in [1.165, 1.54) is 37.7 Å². The summed E-state index contributed by atoms with van der Waals surface area (Å²) in [6, 6.07) is 8.21. The van der Waals surface area contributed by atoms with Crippen LogP contribution in [-0.2, 0) is 9.53 Å². The van der Waals surface area contributed by atoms with E-state index in [1.807, 2.05) is 12.1 Å². The molecule has 0 aliphatic heterocycles. The van der Waals surface area contributed by atoms with Crippen molar-refractivity contribution in [3.05, 3.63) is 29.8 Å².